The van der Waals surface area contributed by atoms with Crippen molar-refractivity contribution in [1.29, 1.82) is 0 Å². The number of rotatable bonds is 5. The van der Waals surface area contributed by atoms with Crippen LogP contribution < -0.4 is 5.32 Å². The molecule has 2 aromatic rings. The molecule has 1 aromatic heterocycles. The number of nitrogens with zero attached hydrogens (tertiary/aromatic N) is 1. The topological polar surface area (TPSA) is 24.9 Å². The molecule has 1 unspecified atom stereocenters. The fourth-order valence-corrected chi connectivity index (χ4v) is 2.71. The summed E-state index contributed by atoms with van der Waals surface area (Å²) in [5.41, 5.74) is 1.12. The first-order valence-electron chi connectivity index (χ1n) is 5.87. The van der Waals surface area contributed by atoms with E-state index in [1.165, 1.54) is 22.5 Å². The van der Waals surface area contributed by atoms with E-state index in [1.807, 2.05) is 6.07 Å². The van der Waals surface area contributed by atoms with Crippen molar-refractivity contribution in [3.63, 3.8) is 0 Å². The zero-order valence-electron chi connectivity index (χ0n) is 9.86. The molecule has 0 saturated heterocycles. The van der Waals surface area contributed by atoms with Crippen LogP contribution >= 0.6 is 11.3 Å². The third-order valence-corrected chi connectivity index (χ3v) is 3.70. The highest BCUT2D eigenvalue weighted by molar-refractivity contribution is 7.18. The van der Waals surface area contributed by atoms with E-state index in [9.17, 15) is 0 Å². The Morgan fingerprint density at radius 2 is 2.19 bits per heavy atom. The van der Waals surface area contributed by atoms with Gasteiger partial charge in [-0.15, -0.1) is 11.3 Å². The van der Waals surface area contributed by atoms with Crippen molar-refractivity contribution in [2.45, 2.75) is 39.3 Å². The van der Waals surface area contributed by atoms with Crippen LogP contribution in [-0.2, 0) is 6.54 Å². The van der Waals surface area contributed by atoms with Gasteiger partial charge in [-0.25, -0.2) is 4.98 Å². The van der Waals surface area contributed by atoms with Crippen molar-refractivity contribution in [3.8, 4) is 0 Å². The van der Waals surface area contributed by atoms with E-state index in [2.05, 4.69) is 42.3 Å². The van der Waals surface area contributed by atoms with Crippen LogP contribution in [0.2, 0.25) is 0 Å². The Kier molecular flexibility index (Phi) is 3.91. The van der Waals surface area contributed by atoms with Crippen LogP contribution in [0, 0.1) is 0 Å². The van der Waals surface area contributed by atoms with Gasteiger partial charge in [-0.1, -0.05) is 25.5 Å². The van der Waals surface area contributed by atoms with E-state index in [-0.39, 0.29) is 0 Å². The molecule has 86 valence electrons. The summed E-state index contributed by atoms with van der Waals surface area (Å²) in [5.74, 6) is 0. The fraction of sp³-hybridized carbons (Fsp3) is 0.462. The molecule has 3 heteroatoms. The molecule has 0 bridgehead atoms. The monoisotopic (exact) mass is 234 g/mol. The molecule has 0 saturated carbocycles. The lowest BCUT2D eigenvalue weighted by Gasteiger charge is -2.10. The highest BCUT2D eigenvalue weighted by atomic mass is 32.1. The maximum atomic E-state index is 4.60. The summed E-state index contributed by atoms with van der Waals surface area (Å²) >= 11 is 1.78. The van der Waals surface area contributed by atoms with Crippen LogP contribution in [-0.4, -0.2) is 11.0 Å². The minimum absolute atomic E-state index is 0.581. The zero-order chi connectivity index (χ0) is 11.4. The van der Waals surface area contributed by atoms with E-state index in [4.69, 9.17) is 0 Å². The van der Waals surface area contributed by atoms with Gasteiger partial charge in [0.15, 0.2) is 0 Å². The lowest BCUT2D eigenvalue weighted by atomic mass is 10.2. The minimum Gasteiger partial charge on any atom is -0.308 e. The summed E-state index contributed by atoms with van der Waals surface area (Å²) in [5, 5.41) is 4.69. The smallest absolute Gasteiger partial charge is 0.108 e. The Balaban J connectivity index is 1.99. The first kappa shape index (κ1) is 11.6. The molecule has 1 heterocycles. The number of nitrogens with one attached hydrogen (secondary N) is 1. The van der Waals surface area contributed by atoms with Crippen molar-refractivity contribution >= 4 is 21.6 Å². The third-order valence-electron chi connectivity index (χ3n) is 2.66. The Bertz CT molecular complexity index is 417. The SMILES string of the molecule is CCCC(C)NCc1nc2ccccc2s1. The summed E-state index contributed by atoms with van der Waals surface area (Å²) in [6.45, 7) is 5.34. The van der Waals surface area contributed by atoms with Crippen molar-refractivity contribution in [2.75, 3.05) is 0 Å². The van der Waals surface area contributed by atoms with Crippen LogP contribution in [0.4, 0.5) is 0 Å². The predicted octanol–water partition coefficient (Wildman–Crippen LogP) is 3.57. The molecule has 2 nitrogen and oxygen atoms in total. The summed E-state index contributed by atoms with van der Waals surface area (Å²) in [6, 6.07) is 8.89. The van der Waals surface area contributed by atoms with Crippen LogP contribution in [0.15, 0.2) is 24.3 Å². The van der Waals surface area contributed by atoms with Gasteiger partial charge in [0, 0.05) is 12.6 Å². The van der Waals surface area contributed by atoms with Gasteiger partial charge in [0.05, 0.1) is 10.2 Å². The average Bonchev–Trinajstić information content (AvgIpc) is 2.69. The van der Waals surface area contributed by atoms with Gasteiger partial charge in [-0.05, 0) is 25.5 Å². The molecule has 0 aliphatic rings. The van der Waals surface area contributed by atoms with Gasteiger partial charge in [0.25, 0.3) is 0 Å². The molecule has 1 aromatic carbocycles. The number of thiazole rings is 1. The van der Waals surface area contributed by atoms with Crippen LogP contribution in [0.25, 0.3) is 10.2 Å². The Morgan fingerprint density at radius 3 is 2.94 bits per heavy atom. The van der Waals surface area contributed by atoms with E-state index < -0.39 is 0 Å². The molecular weight excluding hydrogens is 216 g/mol. The molecule has 0 amide bonds. The van der Waals surface area contributed by atoms with E-state index in [0.717, 1.165) is 12.1 Å². The standard InChI is InChI=1S/C13H18N2S/c1-3-6-10(2)14-9-13-15-11-7-4-5-8-12(11)16-13/h4-5,7-8,10,14H,3,6,9H2,1-2H3. The van der Waals surface area contributed by atoms with Crippen molar-refractivity contribution < 1.29 is 0 Å². The molecule has 0 aliphatic heterocycles. The largest absolute Gasteiger partial charge is 0.308 e. The number of fused-ring (bicyclic) bond motifs is 1. The van der Waals surface area contributed by atoms with Crippen molar-refractivity contribution in [3.05, 3.63) is 29.3 Å². The summed E-state index contributed by atoms with van der Waals surface area (Å²) in [4.78, 5) is 4.60. The van der Waals surface area contributed by atoms with Crippen molar-refractivity contribution in [2.24, 2.45) is 0 Å². The Labute approximate surface area is 101 Å². The van der Waals surface area contributed by atoms with Crippen LogP contribution in [0.1, 0.15) is 31.7 Å². The van der Waals surface area contributed by atoms with Crippen molar-refractivity contribution in [1.82, 2.24) is 10.3 Å². The molecule has 0 fully saturated rings. The molecule has 0 radical (unpaired) electrons. The second kappa shape index (κ2) is 5.41. The highest BCUT2D eigenvalue weighted by Gasteiger charge is 2.04. The lowest BCUT2D eigenvalue weighted by molar-refractivity contribution is 0.508. The summed E-state index contributed by atoms with van der Waals surface area (Å²) in [7, 11) is 0. The molecule has 16 heavy (non-hydrogen) atoms. The average molecular weight is 234 g/mol. The predicted molar refractivity (Wildman–Crippen MR) is 70.8 cm³/mol. The van der Waals surface area contributed by atoms with E-state index >= 15 is 0 Å². The molecule has 2 rings (SSSR count). The molecular formula is C13H18N2S. The van der Waals surface area contributed by atoms with E-state index in [1.54, 1.807) is 11.3 Å². The van der Waals surface area contributed by atoms with Gasteiger partial charge >= 0.3 is 0 Å². The lowest BCUT2D eigenvalue weighted by Crippen LogP contribution is -2.24. The fourth-order valence-electron chi connectivity index (χ4n) is 1.79. The second-order valence-corrected chi connectivity index (χ2v) is 5.26. The number of hydrogen-bond donors (Lipinski definition) is 1. The minimum atomic E-state index is 0.581. The summed E-state index contributed by atoms with van der Waals surface area (Å²) in [6.07, 6.45) is 2.46. The van der Waals surface area contributed by atoms with Crippen LogP contribution in [0.3, 0.4) is 0 Å². The van der Waals surface area contributed by atoms with Crippen LogP contribution in [0.5, 0.6) is 0 Å². The third kappa shape index (κ3) is 2.80. The maximum absolute atomic E-state index is 4.60. The first-order valence-corrected chi connectivity index (χ1v) is 6.69. The van der Waals surface area contributed by atoms with Gasteiger partial charge in [0.2, 0.25) is 0 Å². The Hall–Kier alpha value is -0.930. The van der Waals surface area contributed by atoms with E-state index in [0.29, 0.717) is 6.04 Å². The Morgan fingerprint density at radius 1 is 1.38 bits per heavy atom. The number of aromatic nitrogens is 1. The van der Waals surface area contributed by atoms with Gasteiger partial charge < -0.3 is 5.32 Å². The second-order valence-electron chi connectivity index (χ2n) is 4.15. The molecule has 0 spiro atoms. The maximum Gasteiger partial charge on any atom is 0.108 e. The van der Waals surface area contributed by atoms with Gasteiger partial charge in [-0.3, -0.25) is 0 Å². The number of benzene rings is 1. The zero-order valence-corrected chi connectivity index (χ0v) is 10.7. The quantitative estimate of drug-likeness (QED) is 0.855. The molecule has 1 atom stereocenters. The number of hydrogen-bond acceptors (Lipinski definition) is 3. The van der Waals surface area contributed by atoms with Gasteiger partial charge in [0.1, 0.15) is 5.01 Å². The summed E-state index contributed by atoms with van der Waals surface area (Å²) < 4.78 is 1.28. The molecule has 0 aliphatic carbocycles. The normalized spacial score (nSPS) is 13.1. The first-order chi connectivity index (χ1) is 7.79. The number of para-hydroxylation sites is 1. The highest BCUT2D eigenvalue weighted by Crippen LogP contribution is 2.21. The van der Waals surface area contributed by atoms with Gasteiger partial charge in [-0.2, -0.15) is 0 Å². The molecule has 1 N–H and O–H groups in total.